The van der Waals surface area contributed by atoms with Crippen LogP contribution in [0.15, 0.2) is 0 Å². The van der Waals surface area contributed by atoms with Crippen molar-refractivity contribution in [3.8, 4) is 0 Å². The highest BCUT2D eigenvalue weighted by Crippen LogP contribution is 1.99. The second-order valence-electron chi connectivity index (χ2n) is 2.63. The summed E-state index contributed by atoms with van der Waals surface area (Å²) in [6.45, 7) is 9.23. The molecule has 0 spiro atoms. The van der Waals surface area contributed by atoms with Crippen molar-refractivity contribution < 1.29 is 4.74 Å². The summed E-state index contributed by atoms with van der Waals surface area (Å²) in [6.07, 6.45) is 2.18. The quantitative estimate of drug-likeness (QED) is 0.518. The van der Waals surface area contributed by atoms with E-state index in [9.17, 15) is 0 Å². The average Bonchev–Trinajstić information content (AvgIpc) is 1.80. The van der Waals surface area contributed by atoms with Crippen molar-refractivity contribution in [1.82, 2.24) is 0 Å². The summed E-state index contributed by atoms with van der Waals surface area (Å²) in [4.78, 5) is 0. The molecule has 0 N–H and O–H groups in total. The lowest BCUT2D eigenvalue weighted by molar-refractivity contribution is 0.179. The smallest absolute Gasteiger partial charge is 0.0833 e. The van der Waals surface area contributed by atoms with Gasteiger partial charge in [0.1, 0.15) is 0 Å². The number of hydrogen-bond donors (Lipinski definition) is 0. The molecule has 0 saturated carbocycles. The summed E-state index contributed by atoms with van der Waals surface area (Å²) >= 11 is 0. The SMILES string of the molecule is CC[CH]OCCC(C)C. The zero-order valence-corrected chi connectivity index (χ0v) is 6.68. The molecule has 9 heavy (non-hydrogen) atoms. The number of rotatable bonds is 5. The molecular formula is C8H17O. The van der Waals surface area contributed by atoms with E-state index in [4.69, 9.17) is 4.74 Å². The largest absolute Gasteiger partial charge is 0.376 e. The van der Waals surface area contributed by atoms with Gasteiger partial charge in [0.25, 0.3) is 0 Å². The lowest BCUT2D eigenvalue weighted by atomic mass is 10.1. The third-order valence-corrected chi connectivity index (χ3v) is 1.10. The molecule has 1 heteroatoms. The van der Waals surface area contributed by atoms with Crippen LogP contribution in [0.2, 0.25) is 0 Å². The van der Waals surface area contributed by atoms with Crippen LogP contribution in [0.25, 0.3) is 0 Å². The number of ether oxygens (including phenoxy) is 1. The van der Waals surface area contributed by atoms with Crippen molar-refractivity contribution in [2.45, 2.75) is 33.6 Å². The van der Waals surface area contributed by atoms with Gasteiger partial charge in [-0.2, -0.15) is 0 Å². The Labute approximate surface area is 58.4 Å². The first-order valence-electron chi connectivity index (χ1n) is 3.70. The van der Waals surface area contributed by atoms with Gasteiger partial charge >= 0.3 is 0 Å². The lowest BCUT2D eigenvalue weighted by Crippen LogP contribution is -1.95. The molecule has 0 atom stereocenters. The van der Waals surface area contributed by atoms with E-state index in [1.807, 2.05) is 6.61 Å². The Morgan fingerprint density at radius 1 is 1.44 bits per heavy atom. The highest BCUT2D eigenvalue weighted by Gasteiger charge is 1.91. The molecular weight excluding hydrogens is 112 g/mol. The fourth-order valence-electron chi connectivity index (χ4n) is 0.505. The van der Waals surface area contributed by atoms with Crippen LogP contribution in [0.4, 0.5) is 0 Å². The molecule has 0 amide bonds. The van der Waals surface area contributed by atoms with Crippen molar-refractivity contribution in [3.63, 3.8) is 0 Å². The van der Waals surface area contributed by atoms with Crippen LogP contribution < -0.4 is 0 Å². The van der Waals surface area contributed by atoms with E-state index in [1.165, 1.54) is 0 Å². The summed E-state index contributed by atoms with van der Waals surface area (Å²) in [7, 11) is 0. The Bertz CT molecular complexity index is 50.5. The zero-order valence-electron chi connectivity index (χ0n) is 6.68. The van der Waals surface area contributed by atoms with Gasteiger partial charge in [-0.15, -0.1) is 0 Å². The van der Waals surface area contributed by atoms with Gasteiger partial charge in [0.15, 0.2) is 0 Å². The van der Waals surface area contributed by atoms with E-state index in [2.05, 4.69) is 20.8 Å². The van der Waals surface area contributed by atoms with Gasteiger partial charge in [-0.05, 0) is 18.8 Å². The molecule has 1 nitrogen and oxygen atoms in total. The minimum atomic E-state index is 0.759. The Kier molecular flexibility index (Phi) is 6.06. The van der Waals surface area contributed by atoms with Crippen LogP contribution in [0, 0.1) is 12.5 Å². The minimum absolute atomic E-state index is 0.759. The highest BCUT2D eigenvalue weighted by atomic mass is 16.5. The molecule has 0 aromatic heterocycles. The second kappa shape index (κ2) is 6.09. The van der Waals surface area contributed by atoms with Gasteiger partial charge in [-0.1, -0.05) is 20.8 Å². The van der Waals surface area contributed by atoms with Gasteiger partial charge in [0.2, 0.25) is 0 Å². The molecule has 0 aliphatic heterocycles. The monoisotopic (exact) mass is 129 g/mol. The molecule has 0 unspecified atom stereocenters. The topological polar surface area (TPSA) is 9.23 Å². The molecule has 55 valence electrons. The summed E-state index contributed by atoms with van der Waals surface area (Å²) in [5.41, 5.74) is 0. The number of hydrogen-bond acceptors (Lipinski definition) is 1. The van der Waals surface area contributed by atoms with Crippen molar-refractivity contribution in [3.05, 3.63) is 6.61 Å². The molecule has 0 aromatic rings. The molecule has 0 saturated heterocycles. The summed E-state index contributed by atoms with van der Waals surface area (Å²) in [5, 5.41) is 0. The fraction of sp³-hybridized carbons (Fsp3) is 0.875. The average molecular weight is 129 g/mol. The van der Waals surface area contributed by atoms with Gasteiger partial charge in [-0.25, -0.2) is 0 Å². The second-order valence-corrected chi connectivity index (χ2v) is 2.63. The maximum atomic E-state index is 5.17. The van der Waals surface area contributed by atoms with E-state index in [0.717, 1.165) is 25.4 Å². The van der Waals surface area contributed by atoms with E-state index >= 15 is 0 Å². The van der Waals surface area contributed by atoms with Crippen molar-refractivity contribution in [1.29, 1.82) is 0 Å². The molecule has 0 aromatic carbocycles. The van der Waals surface area contributed by atoms with Crippen molar-refractivity contribution in [2.24, 2.45) is 5.92 Å². The molecule has 1 radical (unpaired) electrons. The first-order chi connectivity index (χ1) is 4.27. The van der Waals surface area contributed by atoms with Gasteiger partial charge in [0, 0.05) is 6.61 Å². The van der Waals surface area contributed by atoms with E-state index < -0.39 is 0 Å². The van der Waals surface area contributed by atoms with Crippen LogP contribution in [0.5, 0.6) is 0 Å². The molecule has 0 heterocycles. The van der Waals surface area contributed by atoms with Gasteiger partial charge in [0.05, 0.1) is 6.61 Å². The van der Waals surface area contributed by atoms with Crippen molar-refractivity contribution >= 4 is 0 Å². The molecule has 0 rings (SSSR count). The lowest BCUT2D eigenvalue weighted by Gasteiger charge is -2.03. The maximum Gasteiger partial charge on any atom is 0.0833 e. The first kappa shape index (κ1) is 8.96. The Morgan fingerprint density at radius 2 is 2.11 bits per heavy atom. The Hall–Kier alpha value is -0.0400. The first-order valence-corrected chi connectivity index (χ1v) is 3.70. The Balaban J connectivity index is 2.75. The predicted molar refractivity (Wildman–Crippen MR) is 40.0 cm³/mol. The summed E-state index contributed by atoms with van der Waals surface area (Å²) in [6, 6.07) is 0. The van der Waals surface area contributed by atoms with E-state index in [1.54, 1.807) is 0 Å². The van der Waals surface area contributed by atoms with Crippen LogP contribution in [-0.4, -0.2) is 6.61 Å². The molecule has 0 aliphatic carbocycles. The summed E-state index contributed by atoms with van der Waals surface area (Å²) in [5.74, 6) is 0.759. The highest BCUT2D eigenvalue weighted by molar-refractivity contribution is 4.47. The molecule has 0 aliphatic rings. The van der Waals surface area contributed by atoms with Crippen LogP contribution in [0.3, 0.4) is 0 Å². The molecule has 0 fully saturated rings. The van der Waals surface area contributed by atoms with Crippen LogP contribution in [0.1, 0.15) is 33.6 Å². The molecule has 0 bridgehead atoms. The van der Waals surface area contributed by atoms with Gasteiger partial charge in [-0.3, -0.25) is 0 Å². The van der Waals surface area contributed by atoms with E-state index in [0.29, 0.717) is 0 Å². The van der Waals surface area contributed by atoms with Gasteiger partial charge < -0.3 is 4.74 Å². The Morgan fingerprint density at radius 3 is 2.56 bits per heavy atom. The third-order valence-electron chi connectivity index (χ3n) is 1.10. The van der Waals surface area contributed by atoms with Crippen LogP contribution in [-0.2, 0) is 4.74 Å². The minimum Gasteiger partial charge on any atom is -0.376 e. The maximum absolute atomic E-state index is 5.17. The standard InChI is InChI=1S/C8H17O/c1-4-6-9-7-5-8(2)3/h6,8H,4-5,7H2,1-3H3. The normalized spacial score (nSPS) is 10.7. The fourth-order valence-corrected chi connectivity index (χ4v) is 0.505. The van der Waals surface area contributed by atoms with Crippen molar-refractivity contribution in [2.75, 3.05) is 6.61 Å². The van der Waals surface area contributed by atoms with Crippen LogP contribution >= 0.6 is 0 Å². The van der Waals surface area contributed by atoms with E-state index in [-0.39, 0.29) is 0 Å². The third kappa shape index (κ3) is 7.96. The predicted octanol–water partition coefficient (Wildman–Crippen LogP) is 2.62. The zero-order chi connectivity index (χ0) is 7.11. The summed E-state index contributed by atoms with van der Waals surface area (Å²) < 4.78 is 5.17.